The van der Waals surface area contributed by atoms with Gasteiger partial charge in [-0.1, -0.05) is 0 Å². The highest BCUT2D eigenvalue weighted by molar-refractivity contribution is 7.11. The van der Waals surface area contributed by atoms with Gasteiger partial charge in [0.2, 0.25) is 0 Å². The minimum absolute atomic E-state index is 0.336. The second-order valence-electron chi connectivity index (χ2n) is 4.16. The predicted octanol–water partition coefficient (Wildman–Crippen LogP) is -0.260. The summed E-state index contributed by atoms with van der Waals surface area (Å²) in [5, 5.41) is 2.29. The topological polar surface area (TPSA) is 74.5 Å². The molecule has 0 radical (unpaired) electrons. The minimum Gasteiger partial charge on any atom is -0.308 e. The quantitative estimate of drug-likeness (QED) is 0.417. The van der Waals surface area contributed by atoms with Gasteiger partial charge >= 0.3 is 0 Å². The van der Waals surface area contributed by atoms with Crippen molar-refractivity contribution in [1.82, 2.24) is 20.2 Å². The highest BCUT2D eigenvalue weighted by Gasteiger charge is 2.10. The molecular weight excluding hydrogens is 238 g/mol. The van der Waals surface area contributed by atoms with Crippen LogP contribution in [0.4, 0.5) is 0 Å². The number of rotatable bonds is 6. The molecule has 1 heterocycles. The summed E-state index contributed by atoms with van der Waals surface area (Å²) in [5.41, 5.74) is 2.97. The van der Waals surface area contributed by atoms with Crippen molar-refractivity contribution in [3.63, 3.8) is 0 Å². The largest absolute Gasteiger partial charge is 0.308 e. The Bertz CT molecular complexity index is 365. The van der Waals surface area contributed by atoms with Crippen LogP contribution in [0.2, 0.25) is 0 Å². The first kappa shape index (κ1) is 14.0. The number of nitrogens with zero attached hydrogens (tertiary/aromatic N) is 3. The van der Waals surface area contributed by atoms with Crippen molar-refractivity contribution in [2.45, 2.75) is 6.54 Å². The maximum atomic E-state index is 11.2. The first-order valence-corrected chi connectivity index (χ1v) is 6.19. The Morgan fingerprint density at radius 2 is 2.18 bits per heavy atom. The third-order valence-corrected chi connectivity index (χ3v) is 3.13. The maximum absolute atomic E-state index is 11.2. The van der Waals surface area contributed by atoms with E-state index in [0.717, 1.165) is 25.3 Å². The number of likely N-dealkylation sites (N-methyl/N-ethyl adjacent to an activating group) is 2. The van der Waals surface area contributed by atoms with Crippen molar-refractivity contribution in [3.8, 4) is 0 Å². The van der Waals surface area contributed by atoms with Crippen molar-refractivity contribution < 1.29 is 4.79 Å². The summed E-state index contributed by atoms with van der Waals surface area (Å²) in [5.74, 6) is 4.71. The van der Waals surface area contributed by atoms with Crippen LogP contribution in [0.3, 0.4) is 0 Å². The summed E-state index contributed by atoms with van der Waals surface area (Å²) in [6.07, 6.45) is 0. The molecule has 1 aromatic rings. The molecular formula is C10H19N5OS. The lowest BCUT2D eigenvalue weighted by Gasteiger charge is -2.18. The highest BCUT2D eigenvalue weighted by Crippen LogP contribution is 2.10. The number of carbonyl (C=O) groups excluding carboxylic acids is 1. The van der Waals surface area contributed by atoms with Gasteiger partial charge in [0.1, 0.15) is 0 Å². The number of nitrogens with one attached hydrogen (secondary N) is 1. The Kier molecular flexibility index (Phi) is 5.49. The van der Waals surface area contributed by atoms with Crippen molar-refractivity contribution in [2.75, 3.05) is 34.2 Å². The van der Waals surface area contributed by atoms with Crippen LogP contribution in [0.5, 0.6) is 0 Å². The number of hydrogen-bond donors (Lipinski definition) is 2. The number of amides is 1. The van der Waals surface area contributed by atoms with Crippen molar-refractivity contribution in [1.29, 1.82) is 0 Å². The second kappa shape index (κ2) is 6.65. The average Bonchev–Trinajstić information content (AvgIpc) is 2.73. The average molecular weight is 257 g/mol. The maximum Gasteiger partial charge on any atom is 0.294 e. The zero-order chi connectivity index (χ0) is 12.8. The first-order valence-electron chi connectivity index (χ1n) is 5.31. The molecule has 0 saturated carbocycles. The van der Waals surface area contributed by atoms with E-state index in [4.69, 9.17) is 5.84 Å². The number of thiazole rings is 1. The van der Waals surface area contributed by atoms with E-state index in [0.29, 0.717) is 5.01 Å². The third-order valence-electron chi connectivity index (χ3n) is 2.24. The fourth-order valence-corrected chi connectivity index (χ4v) is 1.98. The molecule has 0 aliphatic heterocycles. The molecule has 0 aliphatic rings. The third kappa shape index (κ3) is 4.78. The number of nitrogen functional groups attached to an aromatic ring is 1. The van der Waals surface area contributed by atoms with Crippen molar-refractivity contribution >= 4 is 17.2 Å². The Balaban J connectivity index is 2.46. The van der Waals surface area contributed by atoms with Gasteiger partial charge in [0.15, 0.2) is 5.01 Å². The van der Waals surface area contributed by atoms with Crippen LogP contribution < -0.4 is 11.3 Å². The van der Waals surface area contributed by atoms with E-state index < -0.39 is 0 Å². The zero-order valence-corrected chi connectivity index (χ0v) is 11.3. The molecule has 1 amide bonds. The number of nitrogens with two attached hydrogens (primary N) is 1. The van der Waals surface area contributed by atoms with Gasteiger partial charge in [-0.05, 0) is 21.1 Å². The fraction of sp³-hybridized carbons (Fsp3) is 0.600. The number of hydrazine groups is 1. The monoisotopic (exact) mass is 257 g/mol. The molecule has 0 atom stereocenters. The molecule has 6 nitrogen and oxygen atoms in total. The molecule has 7 heteroatoms. The molecule has 1 aromatic heterocycles. The number of carbonyl (C=O) groups is 1. The van der Waals surface area contributed by atoms with Crippen LogP contribution in [-0.4, -0.2) is 54.9 Å². The molecule has 0 bridgehead atoms. The lowest BCUT2D eigenvalue weighted by atomic mass is 10.4. The minimum atomic E-state index is -0.336. The van der Waals surface area contributed by atoms with Gasteiger partial charge in [-0.3, -0.25) is 15.1 Å². The molecule has 0 aromatic carbocycles. The second-order valence-corrected chi connectivity index (χ2v) is 5.02. The lowest BCUT2D eigenvalue weighted by Crippen LogP contribution is -2.30. The fourth-order valence-electron chi connectivity index (χ4n) is 1.27. The van der Waals surface area contributed by atoms with Gasteiger partial charge in [0.25, 0.3) is 5.91 Å². The van der Waals surface area contributed by atoms with Crippen LogP contribution in [0.25, 0.3) is 0 Å². The van der Waals surface area contributed by atoms with Gasteiger partial charge in [-0.2, -0.15) is 0 Å². The summed E-state index contributed by atoms with van der Waals surface area (Å²) < 4.78 is 0. The summed E-state index contributed by atoms with van der Waals surface area (Å²) in [4.78, 5) is 19.7. The summed E-state index contributed by atoms with van der Waals surface area (Å²) in [6.45, 7) is 2.70. The summed E-state index contributed by atoms with van der Waals surface area (Å²) >= 11 is 1.31. The van der Waals surface area contributed by atoms with Gasteiger partial charge < -0.3 is 4.90 Å². The predicted molar refractivity (Wildman–Crippen MR) is 68.7 cm³/mol. The van der Waals surface area contributed by atoms with Crippen LogP contribution in [0, 0.1) is 0 Å². The van der Waals surface area contributed by atoms with E-state index in [1.165, 1.54) is 11.3 Å². The van der Waals surface area contributed by atoms with Crippen LogP contribution in [-0.2, 0) is 6.54 Å². The van der Waals surface area contributed by atoms with Gasteiger partial charge in [0, 0.05) is 25.0 Å². The van der Waals surface area contributed by atoms with E-state index in [-0.39, 0.29) is 5.91 Å². The van der Waals surface area contributed by atoms with Gasteiger partial charge in [-0.25, -0.2) is 10.8 Å². The van der Waals surface area contributed by atoms with E-state index in [9.17, 15) is 4.79 Å². The van der Waals surface area contributed by atoms with Crippen LogP contribution >= 0.6 is 11.3 Å². The van der Waals surface area contributed by atoms with Crippen LogP contribution in [0.15, 0.2) is 5.38 Å². The Labute approximate surface area is 105 Å². The molecule has 0 fully saturated rings. The highest BCUT2D eigenvalue weighted by atomic mass is 32.1. The number of hydrogen-bond acceptors (Lipinski definition) is 6. The molecule has 3 N–H and O–H groups in total. The van der Waals surface area contributed by atoms with Crippen molar-refractivity contribution in [2.24, 2.45) is 5.84 Å². The standard InChI is InChI=1S/C10H19N5OS/c1-14(2)4-5-15(3)6-8-7-17-10(12-8)9(16)13-11/h7H,4-6,11H2,1-3H3,(H,13,16). The van der Waals surface area contributed by atoms with Gasteiger partial charge in [0.05, 0.1) is 5.69 Å². The lowest BCUT2D eigenvalue weighted by molar-refractivity contribution is 0.0953. The van der Waals surface area contributed by atoms with Gasteiger partial charge in [-0.15, -0.1) is 11.3 Å². The summed E-state index contributed by atoms with van der Waals surface area (Å²) in [6, 6.07) is 0. The smallest absolute Gasteiger partial charge is 0.294 e. The molecule has 0 unspecified atom stereocenters. The molecule has 0 spiro atoms. The van der Waals surface area contributed by atoms with E-state index in [1.54, 1.807) is 0 Å². The zero-order valence-electron chi connectivity index (χ0n) is 10.4. The molecule has 96 valence electrons. The Morgan fingerprint density at radius 1 is 1.47 bits per heavy atom. The normalized spacial score (nSPS) is 11.2. The molecule has 1 rings (SSSR count). The molecule has 17 heavy (non-hydrogen) atoms. The summed E-state index contributed by atoms with van der Waals surface area (Å²) in [7, 11) is 6.12. The Hall–Kier alpha value is -1.02. The van der Waals surface area contributed by atoms with Crippen LogP contribution in [0.1, 0.15) is 15.5 Å². The van der Waals surface area contributed by atoms with E-state index in [2.05, 4.69) is 20.2 Å². The first-order chi connectivity index (χ1) is 8.02. The molecule has 0 saturated heterocycles. The Morgan fingerprint density at radius 3 is 2.76 bits per heavy atom. The number of aromatic nitrogens is 1. The van der Waals surface area contributed by atoms with E-state index in [1.807, 2.05) is 26.5 Å². The van der Waals surface area contributed by atoms with Crippen molar-refractivity contribution in [3.05, 3.63) is 16.1 Å². The SMILES string of the molecule is CN(C)CCN(C)Cc1csc(C(=O)NN)n1. The van der Waals surface area contributed by atoms with E-state index >= 15 is 0 Å². The molecule has 0 aliphatic carbocycles.